The summed E-state index contributed by atoms with van der Waals surface area (Å²) in [7, 11) is 2.02. The topological polar surface area (TPSA) is 56.2 Å². The number of carbonyl (C=O) groups excluding carboxylic acids is 1. The molecule has 5 heteroatoms. The summed E-state index contributed by atoms with van der Waals surface area (Å²) in [5.74, 6) is 1.63. The van der Waals surface area contributed by atoms with E-state index < -0.39 is 0 Å². The fourth-order valence-electron chi connectivity index (χ4n) is 3.02. The Labute approximate surface area is 130 Å². The second-order valence-electron chi connectivity index (χ2n) is 5.94. The monoisotopic (exact) mass is 301 g/mol. The molecule has 1 N–H and O–H groups in total. The number of amides is 1. The molecule has 1 aromatic carbocycles. The van der Waals surface area contributed by atoms with Crippen molar-refractivity contribution in [2.75, 3.05) is 19.8 Å². The number of aryl methyl sites for hydroxylation is 1. The zero-order valence-corrected chi connectivity index (χ0v) is 13.0. The molecule has 1 aliphatic heterocycles. The van der Waals surface area contributed by atoms with Crippen molar-refractivity contribution >= 4 is 16.9 Å². The van der Waals surface area contributed by atoms with Crippen molar-refractivity contribution in [3.63, 3.8) is 0 Å². The first-order valence-electron chi connectivity index (χ1n) is 7.99. The van der Waals surface area contributed by atoms with Gasteiger partial charge in [0.15, 0.2) is 0 Å². The van der Waals surface area contributed by atoms with Crippen molar-refractivity contribution < 1.29 is 9.53 Å². The summed E-state index contributed by atoms with van der Waals surface area (Å²) in [5, 5.41) is 3.02. The third-order valence-corrected chi connectivity index (χ3v) is 4.37. The number of nitrogens with zero attached hydrogens (tertiary/aromatic N) is 2. The minimum Gasteiger partial charge on any atom is -0.381 e. The summed E-state index contributed by atoms with van der Waals surface area (Å²) in [6, 6.07) is 8.09. The maximum Gasteiger partial charge on any atom is 0.220 e. The van der Waals surface area contributed by atoms with Crippen molar-refractivity contribution in [3.05, 3.63) is 30.1 Å². The molecule has 2 heterocycles. The van der Waals surface area contributed by atoms with E-state index in [-0.39, 0.29) is 5.91 Å². The minimum atomic E-state index is 0.144. The highest BCUT2D eigenvalue weighted by Crippen LogP contribution is 2.18. The fourth-order valence-corrected chi connectivity index (χ4v) is 3.02. The van der Waals surface area contributed by atoms with E-state index in [1.54, 1.807) is 0 Å². The van der Waals surface area contributed by atoms with Crippen LogP contribution in [0, 0.1) is 5.92 Å². The Morgan fingerprint density at radius 3 is 2.91 bits per heavy atom. The zero-order chi connectivity index (χ0) is 15.4. The molecular formula is C17H23N3O2. The van der Waals surface area contributed by atoms with Gasteiger partial charge in [-0.15, -0.1) is 0 Å². The molecule has 1 aliphatic rings. The van der Waals surface area contributed by atoms with Gasteiger partial charge in [0.05, 0.1) is 11.0 Å². The fraction of sp³-hybridized carbons (Fsp3) is 0.529. The molecule has 0 spiro atoms. The standard InChI is InChI=1S/C17H23N3O2/c1-20-15-5-3-2-4-14(15)19-16(20)6-9-18-17(21)12-13-7-10-22-11-8-13/h2-5,13H,6-12H2,1H3,(H,18,21). The highest BCUT2D eigenvalue weighted by atomic mass is 16.5. The van der Waals surface area contributed by atoms with Crippen LogP contribution in [0.4, 0.5) is 0 Å². The van der Waals surface area contributed by atoms with Crippen molar-refractivity contribution in [2.45, 2.75) is 25.7 Å². The Hall–Kier alpha value is -1.88. The molecule has 0 radical (unpaired) electrons. The summed E-state index contributed by atoms with van der Waals surface area (Å²) < 4.78 is 7.42. The Morgan fingerprint density at radius 2 is 2.14 bits per heavy atom. The number of benzene rings is 1. The Morgan fingerprint density at radius 1 is 1.36 bits per heavy atom. The van der Waals surface area contributed by atoms with Gasteiger partial charge >= 0.3 is 0 Å². The average molecular weight is 301 g/mol. The van der Waals surface area contributed by atoms with Crippen LogP contribution in [-0.4, -0.2) is 35.2 Å². The van der Waals surface area contributed by atoms with Gasteiger partial charge in [-0.25, -0.2) is 4.98 Å². The minimum absolute atomic E-state index is 0.144. The van der Waals surface area contributed by atoms with Gasteiger partial charge in [0.2, 0.25) is 5.91 Å². The molecule has 1 fully saturated rings. The van der Waals surface area contributed by atoms with Crippen LogP contribution in [0.25, 0.3) is 11.0 Å². The first-order valence-corrected chi connectivity index (χ1v) is 7.99. The molecule has 1 aromatic heterocycles. The summed E-state index contributed by atoms with van der Waals surface area (Å²) >= 11 is 0. The van der Waals surface area contributed by atoms with Gasteiger partial charge in [0.1, 0.15) is 5.82 Å². The smallest absolute Gasteiger partial charge is 0.220 e. The number of hydrogen-bond acceptors (Lipinski definition) is 3. The predicted octanol–water partition coefficient (Wildman–Crippen LogP) is 2.05. The van der Waals surface area contributed by atoms with E-state index in [1.807, 2.05) is 25.2 Å². The van der Waals surface area contributed by atoms with Crippen LogP contribution in [0.2, 0.25) is 0 Å². The molecular weight excluding hydrogens is 278 g/mol. The van der Waals surface area contributed by atoms with Crippen LogP contribution in [0.15, 0.2) is 24.3 Å². The average Bonchev–Trinajstić information content (AvgIpc) is 2.85. The highest BCUT2D eigenvalue weighted by Gasteiger charge is 2.17. The second kappa shape index (κ2) is 6.92. The van der Waals surface area contributed by atoms with Gasteiger partial charge in [0.25, 0.3) is 0 Å². The number of imidazole rings is 1. The Bertz CT molecular complexity index is 644. The quantitative estimate of drug-likeness (QED) is 0.919. The number of nitrogens with one attached hydrogen (secondary N) is 1. The van der Waals surface area contributed by atoms with Gasteiger partial charge < -0.3 is 14.6 Å². The Balaban J connectivity index is 1.49. The van der Waals surface area contributed by atoms with Gasteiger partial charge in [-0.05, 0) is 30.9 Å². The van der Waals surface area contributed by atoms with Crippen LogP contribution >= 0.6 is 0 Å². The molecule has 1 amide bonds. The maximum absolute atomic E-state index is 12.0. The molecule has 22 heavy (non-hydrogen) atoms. The molecule has 2 aromatic rings. The third-order valence-electron chi connectivity index (χ3n) is 4.37. The van der Waals surface area contributed by atoms with Crippen LogP contribution in [0.5, 0.6) is 0 Å². The number of hydrogen-bond donors (Lipinski definition) is 1. The number of para-hydroxylation sites is 2. The van der Waals surface area contributed by atoms with Gasteiger partial charge in [-0.3, -0.25) is 4.79 Å². The Kier molecular flexibility index (Phi) is 4.73. The predicted molar refractivity (Wildman–Crippen MR) is 85.6 cm³/mol. The lowest BCUT2D eigenvalue weighted by Gasteiger charge is -2.21. The van der Waals surface area contributed by atoms with Gasteiger partial charge in [-0.2, -0.15) is 0 Å². The van der Waals surface area contributed by atoms with Crippen LogP contribution in [0.3, 0.4) is 0 Å². The second-order valence-corrected chi connectivity index (χ2v) is 5.94. The lowest BCUT2D eigenvalue weighted by Crippen LogP contribution is -2.29. The van der Waals surface area contributed by atoms with Crippen LogP contribution in [-0.2, 0) is 23.0 Å². The largest absolute Gasteiger partial charge is 0.381 e. The third kappa shape index (κ3) is 3.47. The maximum atomic E-state index is 12.0. The number of fused-ring (bicyclic) bond motifs is 1. The van der Waals surface area contributed by atoms with E-state index in [1.165, 1.54) is 0 Å². The SMILES string of the molecule is Cn1c(CCNC(=O)CC2CCOCC2)nc2ccccc21. The molecule has 3 rings (SSSR count). The first-order chi connectivity index (χ1) is 10.7. The molecule has 0 saturated carbocycles. The lowest BCUT2D eigenvalue weighted by atomic mass is 9.96. The lowest BCUT2D eigenvalue weighted by molar-refractivity contribution is -0.122. The molecule has 5 nitrogen and oxygen atoms in total. The first kappa shape index (κ1) is 15.0. The van der Waals surface area contributed by atoms with E-state index in [2.05, 4.69) is 20.9 Å². The van der Waals surface area contributed by atoms with Gasteiger partial charge in [-0.1, -0.05) is 12.1 Å². The number of rotatable bonds is 5. The van der Waals surface area contributed by atoms with E-state index in [9.17, 15) is 4.79 Å². The number of aromatic nitrogens is 2. The molecule has 118 valence electrons. The molecule has 0 unspecified atom stereocenters. The van der Waals surface area contributed by atoms with Crippen LogP contribution in [0.1, 0.15) is 25.1 Å². The molecule has 0 bridgehead atoms. The van der Waals surface area contributed by atoms with Crippen molar-refractivity contribution in [3.8, 4) is 0 Å². The zero-order valence-electron chi connectivity index (χ0n) is 13.0. The van der Waals surface area contributed by atoms with Crippen molar-refractivity contribution in [1.29, 1.82) is 0 Å². The molecule has 1 saturated heterocycles. The summed E-state index contributed by atoms with van der Waals surface area (Å²) in [6.07, 6.45) is 3.37. The van der Waals surface area contributed by atoms with E-state index in [0.717, 1.165) is 49.3 Å². The normalized spacial score (nSPS) is 16.0. The van der Waals surface area contributed by atoms with Crippen LogP contribution < -0.4 is 5.32 Å². The van der Waals surface area contributed by atoms with Crippen molar-refractivity contribution in [1.82, 2.24) is 14.9 Å². The molecule has 0 aliphatic carbocycles. The van der Waals surface area contributed by atoms with E-state index in [0.29, 0.717) is 18.9 Å². The number of carbonyl (C=O) groups is 1. The van der Waals surface area contributed by atoms with E-state index in [4.69, 9.17) is 4.74 Å². The van der Waals surface area contributed by atoms with Gasteiger partial charge in [0, 0.05) is 39.6 Å². The molecule has 0 atom stereocenters. The number of ether oxygens (including phenoxy) is 1. The highest BCUT2D eigenvalue weighted by molar-refractivity contribution is 5.76. The summed E-state index contributed by atoms with van der Waals surface area (Å²) in [5.41, 5.74) is 2.14. The van der Waals surface area contributed by atoms with Crippen molar-refractivity contribution in [2.24, 2.45) is 13.0 Å². The summed E-state index contributed by atoms with van der Waals surface area (Å²) in [6.45, 7) is 2.22. The summed E-state index contributed by atoms with van der Waals surface area (Å²) in [4.78, 5) is 16.6. The van der Waals surface area contributed by atoms with E-state index >= 15 is 0 Å².